The van der Waals surface area contributed by atoms with E-state index in [1.54, 1.807) is 0 Å². The van der Waals surface area contributed by atoms with Crippen molar-refractivity contribution in [3.05, 3.63) is 47.6 Å². The monoisotopic (exact) mass is 276 g/mol. The second kappa shape index (κ2) is 10.7. The van der Waals surface area contributed by atoms with Gasteiger partial charge in [0.1, 0.15) is 0 Å². The van der Waals surface area contributed by atoms with Gasteiger partial charge >= 0.3 is 0 Å². The molecule has 0 bridgehead atoms. The molecule has 1 nitrogen and oxygen atoms in total. The molecule has 0 aromatic rings. The van der Waals surface area contributed by atoms with Crippen LogP contribution < -0.4 is 0 Å². The van der Waals surface area contributed by atoms with E-state index in [2.05, 4.69) is 53.0 Å². The van der Waals surface area contributed by atoms with Crippen LogP contribution in [0.15, 0.2) is 47.6 Å². The molecule has 0 saturated carbocycles. The van der Waals surface area contributed by atoms with Gasteiger partial charge in [0.2, 0.25) is 0 Å². The minimum Gasteiger partial charge on any atom is -0.384 e. The lowest BCUT2D eigenvalue weighted by atomic mass is 9.95. The molecular weight excluding hydrogens is 244 g/mol. The molecule has 0 aromatic heterocycles. The zero-order valence-corrected chi connectivity index (χ0v) is 13.8. The summed E-state index contributed by atoms with van der Waals surface area (Å²) in [5, 5.41) is 10.2. The Morgan fingerprint density at radius 3 is 1.50 bits per heavy atom. The molecule has 0 saturated heterocycles. The first-order chi connectivity index (χ1) is 9.34. The number of aliphatic hydroxyl groups is 1. The highest BCUT2D eigenvalue weighted by Crippen LogP contribution is 2.20. The van der Waals surface area contributed by atoms with Crippen molar-refractivity contribution in [2.75, 3.05) is 0 Å². The van der Waals surface area contributed by atoms with Crippen LogP contribution in [0.3, 0.4) is 0 Å². The Morgan fingerprint density at radius 1 is 0.850 bits per heavy atom. The third kappa shape index (κ3) is 9.80. The van der Waals surface area contributed by atoms with Crippen molar-refractivity contribution in [1.29, 1.82) is 0 Å². The third-order valence-corrected chi connectivity index (χ3v) is 3.28. The van der Waals surface area contributed by atoms with Crippen molar-refractivity contribution in [3.8, 4) is 0 Å². The summed E-state index contributed by atoms with van der Waals surface area (Å²) in [6.07, 6.45) is 9.88. The van der Waals surface area contributed by atoms with Crippen LogP contribution >= 0.6 is 0 Å². The highest BCUT2D eigenvalue weighted by atomic mass is 16.3. The number of allylic oxidation sites excluding steroid dienone is 4. The molecular formula is C19H32O. The smallest absolute Gasteiger partial charge is 0.0955 e. The Hall–Kier alpha value is -1.08. The Balaban J connectivity index is 3.95. The van der Waals surface area contributed by atoms with Crippen molar-refractivity contribution < 1.29 is 5.11 Å². The molecule has 0 amide bonds. The molecule has 0 fully saturated rings. The zero-order valence-electron chi connectivity index (χ0n) is 13.8. The first-order valence-corrected chi connectivity index (χ1v) is 7.64. The maximum Gasteiger partial charge on any atom is 0.0955 e. The third-order valence-electron chi connectivity index (χ3n) is 3.28. The van der Waals surface area contributed by atoms with E-state index in [1.807, 2.05) is 0 Å². The van der Waals surface area contributed by atoms with Gasteiger partial charge in [-0.25, -0.2) is 0 Å². The number of unbranched alkanes of at least 4 members (excludes halogenated alkanes) is 2. The van der Waals surface area contributed by atoms with E-state index in [-0.39, 0.29) is 0 Å². The van der Waals surface area contributed by atoms with Crippen LogP contribution in [0.1, 0.15) is 66.2 Å². The molecule has 20 heavy (non-hydrogen) atoms. The quantitative estimate of drug-likeness (QED) is 0.399. The highest BCUT2D eigenvalue weighted by molar-refractivity contribution is 5.18. The molecule has 0 aromatic carbocycles. The second-order valence-corrected chi connectivity index (χ2v) is 6.07. The summed E-state index contributed by atoms with van der Waals surface area (Å²) in [6.45, 7) is 16.4. The van der Waals surface area contributed by atoms with Gasteiger partial charge < -0.3 is 5.11 Å². The van der Waals surface area contributed by atoms with Gasteiger partial charge in [-0.15, -0.1) is 0 Å². The van der Waals surface area contributed by atoms with Crippen LogP contribution in [0.4, 0.5) is 0 Å². The van der Waals surface area contributed by atoms with Crippen LogP contribution in [0.5, 0.6) is 0 Å². The minimum absolute atomic E-state index is 0.534. The summed E-state index contributed by atoms with van der Waals surface area (Å²) in [5.74, 6) is 0. The van der Waals surface area contributed by atoms with Crippen LogP contribution in [-0.4, -0.2) is 11.2 Å². The van der Waals surface area contributed by atoms with Gasteiger partial charge in [-0.05, 0) is 77.4 Å². The minimum atomic E-state index is -0.534. The van der Waals surface area contributed by atoms with Gasteiger partial charge in [-0.2, -0.15) is 0 Å². The highest BCUT2D eigenvalue weighted by Gasteiger charge is 2.11. The molecule has 0 atom stereocenters. The van der Waals surface area contributed by atoms with Crippen LogP contribution in [0.2, 0.25) is 0 Å². The average Bonchev–Trinajstić information content (AvgIpc) is 2.37. The summed E-state index contributed by atoms with van der Waals surface area (Å²) in [4.78, 5) is 0. The number of hydrogen-bond acceptors (Lipinski definition) is 1. The lowest BCUT2D eigenvalue weighted by Crippen LogP contribution is -2.12. The molecule has 0 unspecified atom stereocenters. The van der Waals surface area contributed by atoms with Crippen molar-refractivity contribution in [2.45, 2.75) is 72.3 Å². The lowest BCUT2D eigenvalue weighted by Gasteiger charge is -2.16. The van der Waals surface area contributed by atoms with E-state index in [4.69, 9.17) is 0 Å². The van der Waals surface area contributed by atoms with Crippen molar-refractivity contribution >= 4 is 0 Å². The molecule has 0 radical (unpaired) electrons. The fraction of sp³-hybridized carbons (Fsp3) is 0.579. The largest absolute Gasteiger partial charge is 0.384 e. The molecule has 1 heteroatoms. The topological polar surface area (TPSA) is 20.2 Å². The Morgan fingerprint density at radius 2 is 1.20 bits per heavy atom. The number of rotatable bonds is 10. The molecule has 0 aliphatic rings. The fourth-order valence-electron chi connectivity index (χ4n) is 2.00. The molecule has 0 rings (SSSR count). The predicted molar refractivity (Wildman–Crippen MR) is 90.9 cm³/mol. The fourth-order valence-corrected chi connectivity index (χ4v) is 2.00. The molecule has 0 aliphatic carbocycles. The SMILES string of the molecule is C=C(CCCC=C(C)C)C(O)C(=C)CCCC=C(C)C. The van der Waals surface area contributed by atoms with E-state index in [9.17, 15) is 5.11 Å². The van der Waals surface area contributed by atoms with E-state index in [1.165, 1.54) is 11.1 Å². The summed E-state index contributed by atoms with van der Waals surface area (Å²) >= 11 is 0. The van der Waals surface area contributed by atoms with E-state index >= 15 is 0 Å². The van der Waals surface area contributed by atoms with Gasteiger partial charge in [0.15, 0.2) is 0 Å². The molecule has 0 aliphatic heterocycles. The maximum absolute atomic E-state index is 10.2. The first-order valence-electron chi connectivity index (χ1n) is 7.64. The van der Waals surface area contributed by atoms with E-state index < -0.39 is 6.10 Å². The Labute approximate surface area is 125 Å². The first kappa shape index (κ1) is 18.9. The van der Waals surface area contributed by atoms with Gasteiger partial charge in [-0.1, -0.05) is 36.5 Å². The molecule has 1 N–H and O–H groups in total. The predicted octanol–water partition coefficient (Wildman–Crippen LogP) is 5.73. The van der Waals surface area contributed by atoms with Crippen molar-refractivity contribution in [3.63, 3.8) is 0 Å². The number of aliphatic hydroxyl groups excluding tert-OH is 1. The number of hydrogen-bond donors (Lipinski definition) is 1. The standard InChI is InChI=1S/C19H32O/c1-15(2)11-7-9-13-17(5)19(20)18(6)14-10-8-12-16(3)4/h11-12,19-20H,5-10,13-14H2,1-4H3. The van der Waals surface area contributed by atoms with Gasteiger partial charge in [-0.3, -0.25) is 0 Å². The van der Waals surface area contributed by atoms with Crippen molar-refractivity contribution in [2.24, 2.45) is 0 Å². The van der Waals surface area contributed by atoms with Gasteiger partial charge in [0, 0.05) is 0 Å². The summed E-state index contributed by atoms with van der Waals surface area (Å²) in [7, 11) is 0. The summed E-state index contributed by atoms with van der Waals surface area (Å²) in [6, 6.07) is 0. The molecule has 114 valence electrons. The second-order valence-electron chi connectivity index (χ2n) is 6.07. The lowest BCUT2D eigenvalue weighted by molar-refractivity contribution is 0.238. The van der Waals surface area contributed by atoms with Crippen LogP contribution in [0.25, 0.3) is 0 Å². The van der Waals surface area contributed by atoms with E-state index in [0.29, 0.717) is 0 Å². The van der Waals surface area contributed by atoms with E-state index in [0.717, 1.165) is 49.7 Å². The molecule has 0 heterocycles. The normalized spacial score (nSPS) is 10.3. The average molecular weight is 276 g/mol. The van der Waals surface area contributed by atoms with Gasteiger partial charge in [0.25, 0.3) is 0 Å². The van der Waals surface area contributed by atoms with Gasteiger partial charge in [0.05, 0.1) is 6.10 Å². The van der Waals surface area contributed by atoms with Crippen molar-refractivity contribution in [1.82, 2.24) is 0 Å². The molecule has 0 spiro atoms. The Kier molecular flexibility index (Phi) is 10.1. The van der Waals surface area contributed by atoms with Crippen LogP contribution in [-0.2, 0) is 0 Å². The van der Waals surface area contributed by atoms with Crippen LogP contribution in [0, 0.1) is 0 Å². The maximum atomic E-state index is 10.2. The zero-order chi connectivity index (χ0) is 15.5. The summed E-state index contributed by atoms with van der Waals surface area (Å²) in [5.41, 5.74) is 4.50. The Bertz CT molecular complexity index is 327. The summed E-state index contributed by atoms with van der Waals surface area (Å²) < 4.78 is 0.